The number of alkyl halides is 3. The summed E-state index contributed by atoms with van der Waals surface area (Å²) in [5, 5.41) is 64.9. The number of nitrogens with two attached hydrogens (primary N) is 3. The van der Waals surface area contributed by atoms with Crippen molar-refractivity contribution in [2.24, 2.45) is 28.1 Å². The summed E-state index contributed by atoms with van der Waals surface area (Å²) in [6.07, 6.45) is -1.53. The van der Waals surface area contributed by atoms with E-state index in [1.54, 1.807) is 79.8 Å². The number of likely N-dealkylation sites (tertiary alicyclic amines) is 1. The van der Waals surface area contributed by atoms with E-state index in [0.717, 1.165) is 0 Å². The minimum absolute atomic E-state index is 0.00905. The van der Waals surface area contributed by atoms with Crippen LogP contribution in [0.4, 0.5) is 13.2 Å². The van der Waals surface area contributed by atoms with E-state index in [2.05, 4.69) is 72.8 Å². The summed E-state index contributed by atoms with van der Waals surface area (Å²) >= 11 is 0. The first-order valence-electron chi connectivity index (χ1n) is 36.9. The number of nitrogens with zero attached hydrogens (tertiary/aromatic N) is 4. The zero-order chi connectivity index (χ0) is 83.4. The number of aliphatic hydroxyl groups is 3. The maximum absolute atomic E-state index is 15.1. The van der Waals surface area contributed by atoms with Gasteiger partial charge in [0.1, 0.15) is 78.0 Å². The molecule has 41 heteroatoms. The van der Waals surface area contributed by atoms with Crippen LogP contribution >= 0.6 is 0 Å². The number of benzene rings is 3. The first kappa shape index (κ1) is 86.5. The highest BCUT2D eigenvalue weighted by Gasteiger charge is 2.42. The summed E-state index contributed by atoms with van der Waals surface area (Å²) in [6, 6.07) is 7.78. The van der Waals surface area contributed by atoms with Crippen molar-refractivity contribution < 1.29 is 91.1 Å². The smallest absolute Gasteiger partial charge is 0.423 e. The van der Waals surface area contributed by atoms with E-state index in [0.29, 0.717) is 61.4 Å². The van der Waals surface area contributed by atoms with Crippen LogP contribution in [0.5, 0.6) is 5.75 Å². The van der Waals surface area contributed by atoms with Gasteiger partial charge in [-0.3, -0.25) is 72.1 Å². The molecule has 23 N–H and O–H groups in total. The molecule has 0 bridgehead atoms. The fourth-order valence-corrected chi connectivity index (χ4v) is 13.5. The number of halogens is 3. The Labute approximate surface area is 652 Å². The van der Waals surface area contributed by atoms with Gasteiger partial charge in [-0.1, -0.05) is 62.4 Å². The van der Waals surface area contributed by atoms with Crippen molar-refractivity contribution in [1.29, 1.82) is 0 Å². The van der Waals surface area contributed by atoms with Gasteiger partial charge >= 0.3 is 11.9 Å². The predicted octanol–water partition coefficient (Wildman–Crippen LogP) is -3.10. The Morgan fingerprint density at radius 2 is 1.24 bits per heavy atom. The van der Waals surface area contributed by atoms with Crippen LogP contribution in [0.2, 0.25) is 0 Å². The third-order valence-corrected chi connectivity index (χ3v) is 19.4. The number of rotatable bonds is 35. The molecule has 3 aromatic carbocycles. The number of aromatic amines is 4. The van der Waals surface area contributed by atoms with Crippen molar-refractivity contribution >= 4 is 92.7 Å². The molecule has 0 spiro atoms. The van der Waals surface area contributed by atoms with E-state index in [-0.39, 0.29) is 107 Å². The SMILES string of the molecule is CC(C)C[C@H](NC(=O)[C@@H](Cc1c[nH]c2ccccc12)NC(=O)[C@H](Cc1ccc(O)cc1)NC(=O)[C@H](CO)NC(=O)[C@H](Cc1c[nH]c2ccccc12)NC(=O)[C@H](Cc1cnc[nH]1)NC(=O)[C@@H]1CCC(=O)N1)C(=O)N[C@@H](CCCN=C(N)N)C(=O)N1CCC[C@H]1C(=O)NCC(N)=O.O=c1[nH]c(=O)n([C@H]2C[C@H](O)[C@@H](CO)O2)cc1C(F)(F)F. The second kappa shape index (κ2) is 39.8. The lowest BCUT2D eigenvalue weighted by Gasteiger charge is -2.30. The van der Waals surface area contributed by atoms with Gasteiger partial charge in [-0.2, -0.15) is 13.2 Å². The summed E-state index contributed by atoms with van der Waals surface area (Å²) in [4.78, 5) is 196. The fourth-order valence-electron chi connectivity index (χ4n) is 13.5. The van der Waals surface area contributed by atoms with E-state index in [4.69, 9.17) is 27.0 Å². The number of carbonyl (C=O) groups excluding carboxylic acids is 11. The molecule has 3 aliphatic rings. The molecule has 11 amide bonds. The monoisotopic (exact) mass is 1610 g/mol. The number of aliphatic hydroxyl groups excluding tert-OH is 3. The van der Waals surface area contributed by atoms with Crippen LogP contribution in [0.1, 0.15) is 99.4 Å². The second-order valence-electron chi connectivity index (χ2n) is 28.3. The number of phenolic OH excluding ortho intramolecular Hbond substituents is 1. The second-order valence-corrected chi connectivity index (χ2v) is 28.3. The number of hydrogen-bond acceptors (Lipinski definition) is 20. The molecule has 7 heterocycles. The van der Waals surface area contributed by atoms with E-state index in [1.165, 1.54) is 41.7 Å². The van der Waals surface area contributed by atoms with Crippen LogP contribution in [-0.4, -0.2) is 225 Å². The van der Waals surface area contributed by atoms with Crippen molar-refractivity contribution in [3.63, 3.8) is 0 Å². The molecule has 0 aliphatic carbocycles. The molecule has 115 heavy (non-hydrogen) atoms. The molecule has 0 radical (unpaired) electrons. The van der Waals surface area contributed by atoms with Crippen LogP contribution in [0.3, 0.4) is 0 Å². The Morgan fingerprint density at radius 3 is 1.77 bits per heavy atom. The molecule has 618 valence electrons. The Kier molecular flexibility index (Phi) is 29.9. The van der Waals surface area contributed by atoms with Crippen LogP contribution in [0.15, 0.2) is 118 Å². The highest BCUT2D eigenvalue weighted by Crippen LogP contribution is 2.31. The number of aromatic hydroxyl groups is 1. The number of ether oxygens (including phenoxy) is 1. The first-order chi connectivity index (χ1) is 54.8. The summed E-state index contributed by atoms with van der Waals surface area (Å²) in [7, 11) is 0. The molecule has 4 aromatic heterocycles. The van der Waals surface area contributed by atoms with Gasteiger partial charge in [0.05, 0.1) is 32.2 Å². The quantitative estimate of drug-likeness (QED) is 0.0106. The van der Waals surface area contributed by atoms with Crippen molar-refractivity contribution in [3.05, 3.63) is 153 Å². The zero-order valence-electron chi connectivity index (χ0n) is 62.5. The molecule has 38 nitrogen and oxygen atoms in total. The average Bonchev–Trinajstić information content (AvgIpc) is 1.73. The number of amides is 11. The Hall–Kier alpha value is -12.5. The molecule has 10 rings (SSSR count). The molecular formula is C74H93F3N20O18. The highest BCUT2D eigenvalue weighted by molar-refractivity contribution is 6.00. The lowest BCUT2D eigenvalue weighted by Crippen LogP contribution is -2.61. The number of phenols is 1. The predicted molar refractivity (Wildman–Crippen MR) is 404 cm³/mol. The van der Waals surface area contributed by atoms with Crippen LogP contribution < -0.4 is 76.3 Å². The van der Waals surface area contributed by atoms with Gasteiger partial charge in [-0.15, -0.1) is 0 Å². The maximum Gasteiger partial charge on any atom is 0.423 e. The molecule has 3 fully saturated rings. The Morgan fingerprint density at radius 1 is 0.687 bits per heavy atom. The lowest BCUT2D eigenvalue weighted by atomic mass is 9.99. The summed E-state index contributed by atoms with van der Waals surface area (Å²) < 4.78 is 43.4. The summed E-state index contributed by atoms with van der Waals surface area (Å²) in [6.45, 7) is 1.79. The number of aliphatic imine (C=N–C) groups is 1. The van der Waals surface area contributed by atoms with E-state index in [1.807, 2.05) is 0 Å². The minimum Gasteiger partial charge on any atom is -0.508 e. The van der Waals surface area contributed by atoms with Crippen molar-refractivity contribution in [2.45, 2.75) is 170 Å². The van der Waals surface area contributed by atoms with Gasteiger partial charge in [0, 0.05) is 104 Å². The first-order valence-corrected chi connectivity index (χ1v) is 36.9. The largest absolute Gasteiger partial charge is 0.508 e. The molecule has 0 unspecified atom stereocenters. The Bertz CT molecular complexity index is 4770. The normalized spacial score (nSPS) is 18.4. The molecule has 12 atom stereocenters. The number of imidazole rings is 1. The van der Waals surface area contributed by atoms with Crippen LogP contribution in [0, 0.1) is 5.92 Å². The summed E-state index contributed by atoms with van der Waals surface area (Å²) in [5.74, 6) is -9.04. The number of nitrogens with one attached hydrogen (secondary N) is 13. The number of guanidine groups is 1. The number of fused-ring (bicyclic) bond motifs is 2. The average molecular weight is 1610 g/mol. The lowest BCUT2D eigenvalue weighted by molar-refractivity contribution is -0.142. The maximum atomic E-state index is 15.1. The third kappa shape index (κ3) is 23.8. The molecule has 3 saturated heterocycles. The van der Waals surface area contributed by atoms with Crippen molar-refractivity contribution in [2.75, 3.05) is 32.8 Å². The zero-order valence-corrected chi connectivity index (χ0v) is 62.5. The molecule has 7 aromatic rings. The Balaban J connectivity index is 0.000000654. The fraction of sp³-hybridized carbons (Fsp3) is 0.446. The van der Waals surface area contributed by atoms with Crippen LogP contribution in [0.25, 0.3) is 21.8 Å². The van der Waals surface area contributed by atoms with Gasteiger partial charge in [0.15, 0.2) is 5.96 Å². The van der Waals surface area contributed by atoms with Crippen LogP contribution in [-0.2, 0) is 89.3 Å². The van der Waals surface area contributed by atoms with E-state index in [9.17, 15) is 81.2 Å². The van der Waals surface area contributed by atoms with Crippen molar-refractivity contribution in [1.82, 2.24) is 82.2 Å². The number of H-pyrrole nitrogens is 4. The number of para-hydroxylation sites is 2. The standard InChI is InChI=1S/C64H82N18O13.C10H11F3N2O5/c1-34(2)23-46(56(88)75-45(13-7-21-69-64(66)67)63(95)82-22-8-14-52(82)62(94)72-31-53(65)85)76-58(90)48(25-36-28-70-42-11-5-3-9-40(36)42)78-57(89)47(24-35-15-17-39(84)18-16-35)77-61(93)51(32-83)81-59(91)49(26-37-29-71-43-12-6-4-10-41(37)43)79-60(92)50(27-38-30-68-33-73-38)80-55(87)44-19-20-54(86)74-44;11-10(12,13)4-2-15(9(19)14-8(4)18)7-1-5(17)6(3-16)20-7/h3-6,9-12,15-18,28-30,33-34,44-52,70-71,83-84H,7-8,13-14,19-27,31-32H2,1-2H3,(H2,65,85)(H,68,73)(H,72,94)(H,74,86)(H,75,88)(H,76,90)(H,77,93)(H,78,89)(H,79,92)(H,80,87)(H,81,91)(H4,66,67,69);2,5-7,16-17H,1,3H2,(H,14,18,19)/t44-,45-,46-,47-,48+,49-,50-,51-,52-;5-,6+,7+/m00/s1. The molecule has 0 saturated carbocycles. The number of carbonyl (C=O) groups is 11. The van der Waals surface area contributed by atoms with Gasteiger partial charge in [0.2, 0.25) is 65.0 Å². The highest BCUT2D eigenvalue weighted by atomic mass is 19.4. The van der Waals surface area contributed by atoms with E-state index >= 15 is 9.59 Å². The minimum atomic E-state index is -4.92. The van der Waals surface area contributed by atoms with Gasteiger partial charge < -0.3 is 110 Å². The molecule has 3 aliphatic heterocycles. The summed E-state index contributed by atoms with van der Waals surface area (Å²) in [5.41, 5.74) is 15.6. The van der Waals surface area contributed by atoms with Crippen molar-refractivity contribution in [3.8, 4) is 5.75 Å². The van der Waals surface area contributed by atoms with Gasteiger partial charge in [-0.05, 0) is 85.4 Å². The van der Waals surface area contributed by atoms with Gasteiger partial charge in [0.25, 0.3) is 5.56 Å². The molecular weight excluding hydrogens is 1510 g/mol. The number of aromatic nitrogens is 6. The number of primary amides is 1. The number of hydrogen-bond donors (Lipinski definition) is 20. The third-order valence-electron chi connectivity index (χ3n) is 19.4. The van der Waals surface area contributed by atoms with Gasteiger partial charge in [-0.25, -0.2) is 9.78 Å². The topological polar surface area (TPSA) is 595 Å². The van der Waals surface area contributed by atoms with E-state index < -0.39 is 175 Å².